The van der Waals surface area contributed by atoms with Gasteiger partial charge in [-0.3, -0.25) is 20.8 Å². The van der Waals surface area contributed by atoms with Crippen molar-refractivity contribution in [2.24, 2.45) is 5.84 Å². The van der Waals surface area contributed by atoms with E-state index in [1.807, 2.05) is 0 Å². The molecule has 21 heavy (non-hydrogen) atoms. The largest absolute Gasteiger partial charge is 0.394 e. The van der Waals surface area contributed by atoms with E-state index in [1.54, 1.807) is 4.90 Å². The van der Waals surface area contributed by atoms with Gasteiger partial charge in [-0.1, -0.05) is 6.07 Å². The van der Waals surface area contributed by atoms with Crippen LogP contribution in [0.1, 0.15) is 29.6 Å². The van der Waals surface area contributed by atoms with Gasteiger partial charge < -0.3 is 15.4 Å². The molecule has 1 unspecified atom stereocenters. The fraction of sp³-hybridized carbons (Fsp3) is 0.462. The van der Waals surface area contributed by atoms with E-state index in [0.717, 1.165) is 19.3 Å². The molecule has 4 N–H and O–H groups in total. The molecule has 0 bridgehead atoms. The highest BCUT2D eigenvalue weighted by Crippen LogP contribution is 2.30. The number of nitro groups is 1. The Morgan fingerprint density at radius 1 is 1.52 bits per heavy atom. The van der Waals surface area contributed by atoms with Crippen molar-refractivity contribution in [3.63, 3.8) is 0 Å². The van der Waals surface area contributed by atoms with E-state index in [4.69, 9.17) is 5.84 Å². The normalized spacial score (nSPS) is 18.4. The molecule has 2 rings (SSSR count). The third-order valence-electron chi connectivity index (χ3n) is 3.71. The molecule has 1 heterocycles. The van der Waals surface area contributed by atoms with Crippen LogP contribution in [0.15, 0.2) is 18.2 Å². The fourth-order valence-electron chi connectivity index (χ4n) is 2.63. The lowest BCUT2D eigenvalue weighted by atomic mass is 10.0. The molecule has 1 atom stereocenters. The van der Waals surface area contributed by atoms with Crippen molar-refractivity contribution >= 4 is 17.3 Å². The second-order valence-corrected chi connectivity index (χ2v) is 4.93. The standard InChI is InChI=1S/C13H18N4O4/c14-15-12-10(5-3-6-11(12)17(20)21)13(19)16-7-2-1-4-9(16)8-18/h3,5-6,9,15,18H,1-2,4,7-8,14H2. The van der Waals surface area contributed by atoms with Crippen molar-refractivity contribution in [3.05, 3.63) is 33.9 Å². The predicted molar refractivity (Wildman–Crippen MR) is 76.7 cm³/mol. The minimum Gasteiger partial charge on any atom is -0.394 e. The average molecular weight is 294 g/mol. The summed E-state index contributed by atoms with van der Waals surface area (Å²) in [5.41, 5.74) is 2.14. The molecule has 0 aromatic heterocycles. The van der Waals surface area contributed by atoms with Crippen LogP contribution in [0.2, 0.25) is 0 Å². The van der Waals surface area contributed by atoms with Crippen LogP contribution in [0, 0.1) is 10.1 Å². The van der Waals surface area contributed by atoms with Gasteiger partial charge in [-0.2, -0.15) is 0 Å². The first-order valence-electron chi connectivity index (χ1n) is 6.76. The van der Waals surface area contributed by atoms with Gasteiger partial charge >= 0.3 is 0 Å². The van der Waals surface area contributed by atoms with Crippen LogP contribution < -0.4 is 11.3 Å². The summed E-state index contributed by atoms with van der Waals surface area (Å²) in [6.45, 7) is 0.406. The van der Waals surface area contributed by atoms with Gasteiger partial charge in [0.25, 0.3) is 11.6 Å². The van der Waals surface area contributed by atoms with Gasteiger partial charge in [-0.15, -0.1) is 0 Å². The molecule has 1 aliphatic rings. The summed E-state index contributed by atoms with van der Waals surface area (Å²) in [5.74, 6) is 4.99. The minimum atomic E-state index is -0.592. The molecule has 8 heteroatoms. The number of amides is 1. The monoisotopic (exact) mass is 294 g/mol. The lowest BCUT2D eigenvalue weighted by Gasteiger charge is -2.35. The Morgan fingerprint density at radius 2 is 2.29 bits per heavy atom. The number of likely N-dealkylation sites (tertiary alicyclic amines) is 1. The molecule has 1 saturated heterocycles. The Hall–Kier alpha value is -2.19. The highest BCUT2D eigenvalue weighted by Gasteiger charge is 2.30. The SMILES string of the molecule is NNc1c(C(=O)N2CCCCC2CO)cccc1[N+](=O)[O-]. The zero-order valence-corrected chi connectivity index (χ0v) is 11.5. The van der Waals surface area contributed by atoms with Crippen molar-refractivity contribution in [2.75, 3.05) is 18.6 Å². The Kier molecular flexibility index (Phi) is 4.71. The second kappa shape index (κ2) is 6.51. The third kappa shape index (κ3) is 2.96. The first-order chi connectivity index (χ1) is 10.1. The number of nitrogens with two attached hydrogens (primary N) is 1. The number of aliphatic hydroxyl groups excluding tert-OH is 1. The first kappa shape index (κ1) is 15.2. The topological polar surface area (TPSA) is 122 Å². The average Bonchev–Trinajstić information content (AvgIpc) is 2.53. The van der Waals surface area contributed by atoms with Crippen LogP contribution in [-0.4, -0.2) is 40.0 Å². The van der Waals surface area contributed by atoms with Gasteiger partial charge in [0.2, 0.25) is 0 Å². The number of benzene rings is 1. The van der Waals surface area contributed by atoms with E-state index in [-0.39, 0.29) is 35.5 Å². The summed E-state index contributed by atoms with van der Waals surface area (Å²) in [7, 11) is 0. The summed E-state index contributed by atoms with van der Waals surface area (Å²) in [4.78, 5) is 24.6. The van der Waals surface area contributed by atoms with E-state index in [1.165, 1.54) is 18.2 Å². The summed E-state index contributed by atoms with van der Waals surface area (Å²) < 4.78 is 0. The maximum absolute atomic E-state index is 12.6. The van der Waals surface area contributed by atoms with E-state index in [2.05, 4.69) is 5.43 Å². The quantitative estimate of drug-likeness (QED) is 0.430. The van der Waals surface area contributed by atoms with Crippen molar-refractivity contribution < 1.29 is 14.8 Å². The van der Waals surface area contributed by atoms with Crippen molar-refractivity contribution in [2.45, 2.75) is 25.3 Å². The maximum Gasteiger partial charge on any atom is 0.294 e. The lowest BCUT2D eigenvalue weighted by Crippen LogP contribution is -2.45. The number of hydrazine groups is 1. The molecule has 1 aromatic carbocycles. The number of nitrogen functional groups attached to an aromatic ring is 1. The smallest absolute Gasteiger partial charge is 0.294 e. The zero-order valence-electron chi connectivity index (χ0n) is 11.5. The fourth-order valence-corrected chi connectivity index (χ4v) is 2.63. The minimum absolute atomic E-state index is 0.00485. The molecule has 1 aliphatic heterocycles. The number of anilines is 1. The number of para-hydroxylation sites is 1. The lowest BCUT2D eigenvalue weighted by molar-refractivity contribution is -0.384. The molecule has 0 radical (unpaired) electrons. The molecule has 0 aliphatic carbocycles. The van der Waals surface area contributed by atoms with Crippen molar-refractivity contribution in [1.29, 1.82) is 0 Å². The Labute approximate surface area is 121 Å². The number of hydrogen-bond donors (Lipinski definition) is 3. The van der Waals surface area contributed by atoms with E-state index >= 15 is 0 Å². The highest BCUT2D eigenvalue weighted by atomic mass is 16.6. The summed E-state index contributed by atoms with van der Waals surface area (Å²) >= 11 is 0. The molecule has 8 nitrogen and oxygen atoms in total. The first-order valence-corrected chi connectivity index (χ1v) is 6.76. The maximum atomic E-state index is 12.6. The summed E-state index contributed by atoms with van der Waals surface area (Å²) in [6, 6.07) is 3.97. The summed E-state index contributed by atoms with van der Waals surface area (Å²) in [5, 5.41) is 20.4. The van der Waals surface area contributed by atoms with E-state index < -0.39 is 4.92 Å². The molecular formula is C13H18N4O4. The van der Waals surface area contributed by atoms with Crippen molar-refractivity contribution in [1.82, 2.24) is 4.90 Å². The number of hydrogen-bond acceptors (Lipinski definition) is 6. The van der Waals surface area contributed by atoms with Crippen LogP contribution in [0.4, 0.5) is 11.4 Å². The number of piperidine rings is 1. The third-order valence-corrected chi connectivity index (χ3v) is 3.71. The number of nitrogens with zero attached hydrogens (tertiary/aromatic N) is 2. The second-order valence-electron chi connectivity index (χ2n) is 4.93. The number of nitrogens with one attached hydrogen (secondary N) is 1. The van der Waals surface area contributed by atoms with Crippen molar-refractivity contribution in [3.8, 4) is 0 Å². The van der Waals surface area contributed by atoms with Gasteiger partial charge in [0.05, 0.1) is 23.1 Å². The zero-order chi connectivity index (χ0) is 15.4. The molecule has 1 aromatic rings. The van der Waals surface area contributed by atoms with Crippen LogP contribution in [0.25, 0.3) is 0 Å². The van der Waals surface area contributed by atoms with Crippen LogP contribution in [0.5, 0.6) is 0 Å². The van der Waals surface area contributed by atoms with Gasteiger partial charge in [-0.25, -0.2) is 0 Å². The van der Waals surface area contributed by atoms with Gasteiger partial charge in [0.1, 0.15) is 5.69 Å². The Morgan fingerprint density at radius 3 is 2.90 bits per heavy atom. The van der Waals surface area contributed by atoms with Gasteiger partial charge in [-0.05, 0) is 25.3 Å². The number of carbonyl (C=O) groups is 1. The van der Waals surface area contributed by atoms with Crippen LogP contribution >= 0.6 is 0 Å². The van der Waals surface area contributed by atoms with Crippen LogP contribution in [-0.2, 0) is 0 Å². The molecule has 1 fully saturated rings. The molecular weight excluding hydrogens is 276 g/mol. The van der Waals surface area contributed by atoms with E-state index in [0.29, 0.717) is 6.54 Å². The van der Waals surface area contributed by atoms with E-state index in [9.17, 15) is 20.0 Å². The van der Waals surface area contributed by atoms with Crippen LogP contribution in [0.3, 0.4) is 0 Å². The Balaban J connectivity index is 2.38. The van der Waals surface area contributed by atoms with Gasteiger partial charge in [0, 0.05) is 12.6 Å². The molecule has 1 amide bonds. The number of nitro benzene ring substituents is 1. The molecule has 0 saturated carbocycles. The molecule has 114 valence electrons. The molecule has 0 spiro atoms. The van der Waals surface area contributed by atoms with Gasteiger partial charge in [0.15, 0.2) is 0 Å². The Bertz CT molecular complexity index is 549. The number of aliphatic hydroxyl groups is 1. The predicted octanol–water partition coefficient (Wildman–Crippen LogP) is 0.867. The summed E-state index contributed by atoms with van der Waals surface area (Å²) in [6.07, 6.45) is 2.52. The number of carbonyl (C=O) groups excluding carboxylic acids is 1. The highest BCUT2D eigenvalue weighted by molar-refractivity contribution is 6.01. The number of rotatable bonds is 4.